The SMILES string of the molecule is CCc1ccc(C2C(C#N)=C(N)N(NC(=O)c3ccccc3)C3=C2C(=O)CCC3)cc1. The molecule has 156 valence electrons. The van der Waals surface area contributed by atoms with Crippen LogP contribution in [0.2, 0.25) is 0 Å². The lowest BCUT2D eigenvalue weighted by atomic mass is 9.76. The van der Waals surface area contributed by atoms with Gasteiger partial charge in [0.05, 0.1) is 17.6 Å². The summed E-state index contributed by atoms with van der Waals surface area (Å²) < 4.78 is 0. The van der Waals surface area contributed by atoms with Gasteiger partial charge in [-0.05, 0) is 42.5 Å². The molecule has 2 aromatic carbocycles. The molecule has 0 saturated heterocycles. The number of hydrogen-bond acceptors (Lipinski definition) is 5. The topological polar surface area (TPSA) is 99.2 Å². The van der Waals surface area contributed by atoms with Crippen molar-refractivity contribution in [2.45, 2.75) is 38.5 Å². The Morgan fingerprint density at radius 1 is 1.16 bits per heavy atom. The van der Waals surface area contributed by atoms with Crippen LogP contribution in [-0.2, 0) is 11.2 Å². The van der Waals surface area contributed by atoms with E-state index in [4.69, 9.17) is 5.73 Å². The lowest BCUT2D eigenvalue weighted by Crippen LogP contribution is -2.48. The van der Waals surface area contributed by atoms with E-state index in [0.717, 1.165) is 12.0 Å². The van der Waals surface area contributed by atoms with Gasteiger partial charge < -0.3 is 5.73 Å². The highest BCUT2D eigenvalue weighted by Gasteiger charge is 2.40. The third-order valence-corrected chi connectivity index (χ3v) is 5.88. The fourth-order valence-electron chi connectivity index (χ4n) is 4.25. The first-order chi connectivity index (χ1) is 15.0. The number of ketones is 1. The van der Waals surface area contributed by atoms with Gasteiger partial charge in [-0.3, -0.25) is 15.0 Å². The van der Waals surface area contributed by atoms with Gasteiger partial charge in [-0.1, -0.05) is 49.4 Å². The van der Waals surface area contributed by atoms with Crippen LogP contribution in [0.4, 0.5) is 0 Å². The molecule has 0 saturated carbocycles. The van der Waals surface area contributed by atoms with E-state index in [1.807, 2.05) is 30.3 Å². The van der Waals surface area contributed by atoms with E-state index in [-0.39, 0.29) is 23.1 Å². The van der Waals surface area contributed by atoms with Gasteiger partial charge in [0, 0.05) is 23.3 Å². The highest BCUT2D eigenvalue weighted by atomic mass is 16.2. The highest BCUT2D eigenvalue weighted by Crippen LogP contribution is 2.44. The molecule has 0 fully saturated rings. The lowest BCUT2D eigenvalue weighted by molar-refractivity contribution is -0.116. The van der Waals surface area contributed by atoms with Crippen LogP contribution in [-0.4, -0.2) is 16.7 Å². The van der Waals surface area contributed by atoms with E-state index >= 15 is 0 Å². The molecule has 0 spiro atoms. The quantitative estimate of drug-likeness (QED) is 0.798. The number of nitrogens with zero attached hydrogens (tertiary/aromatic N) is 2. The van der Waals surface area contributed by atoms with Crippen LogP contribution in [0.3, 0.4) is 0 Å². The van der Waals surface area contributed by atoms with Gasteiger partial charge in [0.15, 0.2) is 5.78 Å². The molecule has 1 aliphatic carbocycles. The van der Waals surface area contributed by atoms with Gasteiger partial charge in [-0.25, -0.2) is 5.01 Å². The van der Waals surface area contributed by atoms with E-state index in [1.165, 1.54) is 10.6 Å². The summed E-state index contributed by atoms with van der Waals surface area (Å²) in [6.45, 7) is 2.08. The maximum atomic E-state index is 13.0. The number of amides is 1. The van der Waals surface area contributed by atoms with Crippen molar-refractivity contribution in [3.63, 3.8) is 0 Å². The number of nitrogens with two attached hydrogens (primary N) is 1. The summed E-state index contributed by atoms with van der Waals surface area (Å²) in [5.74, 6) is -0.727. The molecule has 1 unspecified atom stereocenters. The number of carbonyl (C=O) groups is 2. The molecule has 6 nitrogen and oxygen atoms in total. The van der Waals surface area contributed by atoms with E-state index in [9.17, 15) is 14.9 Å². The third-order valence-electron chi connectivity index (χ3n) is 5.88. The van der Waals surface area contributed by atoms with Crippen LogP contribution < -0.4 is 11.2 Å². The van der Waals surface area contributed by atoms with Crippen molar-refractivity contribution < 1.29 is 9.59 Å². The molecule has 31 heavy (non-hydrogen) atoms. The molecule has 1 aliphatic heterocycles. The van der Waals surface area contributed by atoms with Crippen molar-refractivity contribution in [2.75, 3.05) is 0 Å². The molecule has 1 atom stereocenters. The number of hydrazine groups is 1. The fourth-order valence-corrected chi connectivity index (χ4v) is 4.25. The molecular formula is C25H24N4O2. The summed E-state index contributed by atoms with van der Waals surface area (Å²) >= 11 is 0. The monoisotopic (exact) mass is 412 g/mol. The van der Waals surface area contributed by atoms with Crippen molar-refractivity contribution in [1.29, 1.82) is 5.26 Å². The summed E-state index contributed by atoms with van der Waals surface area (Å²) in [6.07, 6.45) is 2.59. The van der Waals surface area contributed by atoms with Crippen LogP contribution in [0.25, 0.3) is 0 Å². The summed E-state index contributed by atoms with van der Waals surface area (Å²) in [6, 6.07) is 18.9. The van der Waals surface area contributed by atoms with Crippen LogP contribution >= 0.6 is 0 Å². The Kier molecular flexibility index (Phi) is 5.59. The van der Waals surface area contributed by atoms with Crippen LogP contribution in [0.15, 0.2) is 77.3 Å². The first-order valence-corrected chi connectivity index (χ1v) is 10.5. The zero-order valence-corrected chi connectivity index (χ0v) is 17.4. The van der Waals surface area contributed by atoms with Crippen molar-refractivity contribution in [3.8, 4) is 6.07 Å². The van der Waals surface area contributed by atoms with E-state index in [0.29, 0.717) is 36.1 Å². The molecular weight excluding hydrogens is 388 g/mol. The maximum absolute atomic E-state index is 13.0. The Balaban J connectivity index is 1.80. The van der Waals surface area contributed by atoms with E-state index in [1.54, 1.807) is 24.3 Å². The smallest absolute Gasteiger partial charge is 0.270 e. The second-order valence-electron chi connectivity index (χ2n) is 7.72. The predicted molar refractivity (Wildman–Crippen MR) is 117 cm³/mol. The highest BCUT2D eigenvalue weighted by molar-refractivity contribution is 6.00. The largest absolute Gasteiger partial charge is 0.383 e. The molecule has 4 rings (SSSR count). The molecule has 6 heteroatoms. The minimum atomic E-state index is -0.524. The van der Waals surface area contributed by atoms with E-state index in [2.05, 4.69) is 18.4 Å². The number of hydrogen-bond donors (Lipinski definition) is 2. The van der Waals surface area contributed by atoms with E-state index < -0.39 is 5.92 Å². The first-order valence-electron chi connectivity index (χ1n) is 10.5. The Morgan fingerprint density at radius 3 is 2.52 bits per heavy atom. The summed E-state index contributed by atoms with van der Waals surface area (Å²) in [4.78, 5) is 25.8. The minimum absolute atomic E-state index is 0.00923. The summed E-state index contributed by atoms with van der Waals surface area (Å²) in [7, 11) is 0. The van der Waals surface area contributed by atoms with Crippen LogP contribution in [0.5, 0.6) is 0 Å². The number of Topliss-reactive ketones (excluding diaryl/α,β-unsaturated/α-hetero) is 1. The van der Waals surface area contributed by atoms with Gasteiger partial charge in [0.25, 0.3) is 5.91 Å². The molecule has 0 aromatic heterocycles. The van der Waals surface area contributed by atoms with Crippen LogP contribution in [0.1, 0.15) is 53.6 Å². The van der Waals surface area contributed by atoms with Gasteiger partial charge >= 0.3 is 0 Å². The third kappa shape index (κ3) is 3.71. The molecule has 0 radical (unpaired) electrons. The lowest BCUT2D eigenvalue weighted by Gasteiger charge is -2.39. The second-order valence-corrected chi connectivity index (χ2v) is 7.72. The summed E-state index contributed by atoms with van der Waals surface area (Å²) in [5.41, 5.74) is 13.2. The zero-order valence-electron chi connectivity index (χ0n) is 17.4. The molecule has 2 aliphatic rings. The van der Waals surface area contributed by atoms with Crippen molar-refractivity contribution >= 4 is 11.7 Å². The molecule has 0 bridgehead atoms. The normalized spacial score (nSPS) is 18.5. The van der Waals surface area contributed by atoms with Crippen LogP contribution in [0, 0.1) is 11.3 Å². The Hall–Kier alpha value is -3.85. The van der Waals surface area contributed by atoms with Gasteiger partial charge in [0.1, 0.15) is 5.82 Å². The minimum Gasteiger partial charge on any atom is -0.383 e. The van der Waals surface area contributed by atoms with Crippen molar-refractivity contribution in [2.24, 2.45) is 5.73 Å². The molecule has 1 amide bonds. The van der Waals surface area contributed by atoms with Crippen molar-refractivity contribution in [1.82, 2.24) is 10.4 Å². The number of aryl methyl sites for hydroxylation is 1. The number of rotatable bonds is 4. The number of benzene rings is 2. The standard InChI is InChI=1S/C25H24N4O2/c1-2-16-11-13-17(14-12-16)22-19(15-26)24(27)29(20-9-6-10-21(30)23(20)22)28-25(31)18-7-4-3-5-8-18/h3-5,7-8,11-14,22H,2,6,9-10,27H2,1H3,(H,28,31). The van der Waals surface area contributed by atoms with Crippen molar-refractivity contribution in [3.05, 3.63) is 94.0 Å². The summed E-state index contributed by atoms with van der Waals surface area (Å²) in [5, 5.41) is 11.4. The Labute approximate surface area is 181 Å². The fraction of sp³-hybridized carbons (Fsp3) is 0.240. The number of nitrogens with one attached hydrogen (secondary N) is 1. The van der Waals surface area contributed by atoms with Gasteiger partial charge in [-0.2, -0.15) is 5.26 Å². The predicted octanol–water partition coefficient (Wildman–Crippen LogP) is 3.69. The average Bonchev–Trinajstić information content (AvgIpc) is 2.81. The second kappa shape index (κ2) is 8.49. The molecule has 3 N–H and O–H groups in total. The number of allylic oxidation sites excluding steroid dienone is 3. The zero-order chi connectivity index (χ0) is 22.0. The van der Waals surface area contributed by atoms with Gasteiger partial charge in [-0.15, -0.1) is 0 Å². The number of carbonyl (C=O) groups excluding carboxylic acids is 2. The Bertz CT molecular complexity index is 1120. The Morgan fingerprint density at radius 2 is 1.87 bits per heavy atom. The first kappa shape index (κ1) is 20.4. The average molecular weight is 412 g/mol. The maximum Gasteiger partial charge on any atom is 0.270 e. The van der Waals surface area contributed by atoms with Gasteiger partial charge in [0.2, 0.25) is 0 Å². The number of nitriles is 1. The molecule has 2 aromatic rings. The molecule has 1 heterocycles.